The Morgan fingerprint density at radius 3 is 2.46 bits per heavy atom. The average Bonchev–Trinajstić information content (AvgIpc) is 2.13. The van der Waals surface area contributed by atoms with Crippen LogP contribution in [0.2, 0.25) is 0 Å². The van der Waals surface area contributed by atoms with Gasteiger partial charge in [0, 0.05) is 5.75 Å². The minimum Gasteiger partial charge on any atom is -0.463 e. The van der Waals surface area contributed by atoms with Gasteiger partial charge in [-0.15, -0.1) is 0 Å². The third-order valence-corrected chi connectivity index (χ3v) is 1.59. The van der Waals surface area contributed by atoms with Gasteiger partial charge in [0.25, 0.3) is 0 Å². The lowest BCUT2D eigenvalue weighted by Crippen LogP contribution is -2.34. The van der Waals surface area contributed by atoms with Gasteiger partial charge in [0.2, 0.25) is 0 Å². The number of rotatable bonds is 6. The summed E-state index contributed by atoms with van der Waals surface area (Å²) in [6, 6.07) is 0. The highest BCUT2D eigenvalue weighted by Crippen LogP contribution is 1.96. The van der Waals surface area contributed by atoms with Gasteiger partial charge in [-0.2, -0.15) is 12.6 Å². The molecule has 0 aliphatic heterocycles. The molecule has 6 heteroatoms. The van der Waals surface area contributed by atoms with Crippen molar-refractivity contribution in [3.8, 4) is 0 Å². The number of carbonyl (C=O) groups excluding carboxylic acids is 1. The lowest BCUT2D eigenvalue weighted by Gasteiger charge is -2.15. The highest BCUT2D eigenvalue weighted by Gasteiger charge is 2.16. The lowest BCUT2D eigenvalue weighted by molar-refractivity contribution is -0.149. The molecule has 0 aromatic carbocycles. The smallest absolute Gasteiger partial charge is 0.306 e. The summed E-state index contributed by atoms with van der Waals surface area (Å²) >= 11 is 3.81. The SMILES string of the molecule is O=C(CCS)OC[C@H](O)[C@H](O)CO. The molecule has 0 aliphatic rings. The van der Waals surface area contributed by atoms with Crippen molar-refractivity contribution < 1.29 is 24.9 Å². The van der Waals surface area contributed by atoms with Crippen molar-refractivity contribution in [3.63, 3.8) is 0 Å². The van der Waals surface area contributed by atoms with Gasteiger partial charge in [-0.25, -0.2) is 0 Å². The van der Waals surface area contributed by atoms with E-state index in [0.29, 0.717) is 5.75 Å². The topological polar surface area (TPSA) is 87.0 Å². The first-order chi connectivity index (χ1) is 6.11. The van der Waals surface area contributed by atoms with E-state index in [0.717, 1.165) is 0 Å². The van der Waals surface area contributed by atoms with E-state index in [4.69, 9.17) is 15.3 Å². The van der Waals surface area contributed by atoms with Crippen molar-refractivity contribution >= 4 is 18.6 Å². The predicted molar refractivity (Wildman–Crippen MR) is 48.5 cm³/mol. The summed E-state index contributed by atoms with van der Waals surface area (Å²) in [6.07, 6.45) is -2.36. The van der Waals surface area contributed by atoms with E-state index in [1.54, 1.807) is 0 Å². The Balaban J connectivity index is 3.57. The summed E-state index contributed by atoms with van der Waals surface area (Å²) in [6.45, 7) is -0.875. The Morgan fingerprint density at radius 2 is 2.00 bits per heavy atom. The first-order valence-corrected chi connectivity index (χ1v) is 4.48. The Morgan fingerprint density at radius 1 is 1.38 bits per heavy atom. The molecular weight excluding hydrogens is 196 g/mol. The number of esters is 1. The second-order valence-corrected chi connectivity index (χ2v) is 2.92. The van der Waals surface area contributed by atoms with E-state index in [1.165, 1.54) is 0 Å². The largest absolute Gasteiger partial charge is 0.463 e. The molecule has 0 rings (SSSR count). The van der Waals surface area contributed by atoms with Crippen molar-refractivity contribution in [1.29, 1.82) is 0 Å². The van der Waals surface area contributed by atoms with Crippen molar-refractivity contribution in [2.45, 2.75) is 18.6 Å². The zero-order valence-corrected chi connectivity index (χ0v) is 7.98. The molecule has 0 unspecified atom stereocenters. The molecule has 0 aromatic rings. The lowest BCUT2D eigenvalue weighted by atomic mass is 10.2. The number of aliphatic hydroxyl groups is 3. The summed E-state index contributed by atoms with van der Waals surface area (Å²) in [5.74, 6) is -0.114. The van der Waals surface area contributed by atoms with Crippen LogP contribution in [-0.4, -0.2) is 52.5 Å². The van der Waals surface area contributed by atoms with Gasteiger partial charge in [0.1, 0.15) is 18.8 Å². The Labute approximate surface area is 81.7 Å². The highest BCUT2D eigenvalue weighted by molar-refractivity contribution is 7.80. The van der Waals surface area contributed by atoms with Gasteiger partial charge in [-0.1, -0.05) is 0 Å². The average molecular weight is 210 g/mol. The Bertz CT molecular complexity index is 152. The maximum Gasteiger partial charge on any atom is 0.306 e. The van der Waals surface area contributed by atoms with E-state index in [2.05, 4.69) is 17.4 Å². The quantitative estimate of drug-likeness (QED) is 0.319. The third kappa shape index (κ3) is 5.87. The summed E-state index contributed by atoms with van der Waals surface area (Å²) < 4.78 is 4.56. The molecule has 5 nitrogen and oxygen atoms in total. The van der Waals surface area contributed by atoms with E-state index in [1.807, 2.05) is 0 Å². The standard InChI is InChI=1S/C7H14O5S/c8-3-5(9)6(10)4-12-7(11)1-2-13/h5-6,8-10,13H,1-4H2/t5-,6+/m1/s1. The molecule has 0 saturated carbocycles. The molecule has 0 aromatic heterocycles. The predicted octanol–water partition coefficient (Wildman–Crippen LogP) is -1.44. The van der Waals surface area contributed by atoms with E-state index in [-0.39, 0.29) is 13.0 Å². The van der Waals surface area contributed by atoms with Gasteiger partial charge >= 0.3 is 5.97 Å². The van der Waals surface area contributed by atoms with Crippen molar-refractivity contribution in [2.24, 2.45) is 0 Å². The van der Waals surface area contributed by atoms with Gasteiger partial charge in [0.15, 0.2) is 0 Å². The van der Waals surface area contributed by atoms with Crippen molar-refractivity contribution in [2.75, 3.05) is 19.0 Å². The number of hydrogen-bond donors (Lipinski definition) is 4. The molecule has 0 amide bonds. The minimum atomic E-state index is -1.27. The number of thiol groups is 1. The number of ether oxygens (including phenoxy) is 1. The number of hydrogen-bond acceptors (Lipinski definition) is 6. The molecule has 0 spiro atoms. The maximum atomic E-state index is 10.7. The normalized spacial score (nSPS) is 15.1. The highest BCUT2D eigenvalue weighted by atomic mass is 32.1. The Kier molecular flexibility index (Phi) is 6.97. The van der Waals surface area contributed by atoms with Crippen LogP contribution in [0.3, 0.4) is 0 Å². The van der Waals surface area contributed by atoms with Gasteiger partial charge in [0.05, 0.1) is 13.0 Å². The summed E-state index contributed by atoms with van der Waals surface area (Å²) in [7, 11) is 0. The summed E-state index contributed by atoms with van der Waals surface area (Å²) in [4.78, 5) is 10.7. The molecule has 0 bridgehead atoms. The van der Waals surface area contributed by atoms with Crippen molar-refractivity contribution in [3.05, 3.63) is 0 Å². The second kappa shape index (κ2) is 7.14. The monoisotopic (exact) mass is 210 g/mol. The molecular formula is C7H14O5S. The first-order valence-electron chi connectivity index (χ1n) is 3.85. The zero-order valence-electron chi connectivity index (χ0n) is 7.09. The van der Waals surface area contributed by atoms with Crippen LogP contribution < -0.4 is 0 Å². The third-order valence-electron chi connectivity index (χ3n) is 1.36. The fourth-order valence-electron chi connectivity index (χ4n) is 0.575. The molecule has 2 atom stereocenters. The fraction of sp³-hybridized carbons (Fsp3) is 0.857. The first kappa shape index (κ1) is 12.7. The van der Waals surface area contributed by atoms with Crippen LogP contribution >= 0.6 is 12.6 Å². The van der Waals surface area contributed by atoms with Crippen LogP contribution in [-0.2, 0) is 9.53 Å². The summed E-state index contributed by atoms with van der Waals surface area (Å²) in [5.41, 5.74) is 0. The molecule has 0 saturated heterocycles. The molecule has 13 heavy (non-hydrogen) atoms. The molecule has 0 fully saturated rings. The molecule has 0 radical (unpaired) electrons. The van der Waals surface area contributed by atoms with E-state index < -0.39 is 24.8 Å². The molecule has 0 heterocycles. The molecule has 0 aliphatic carbocycles. The minimum absolute atomic E-state index is 0.158. The van der Waals surface area contributed by atoms with Crippen LogP contribution in [0.5, 0.6) is 0 Å². The van der Waals surface area contributed by atoms with Crippen LogP contribution in [0.15, 0.2) is 0 Å². The second-order valence-electron chi connectivity index (χ2n) is 2.47. The van der Waals surface area contributed by atoms with E-state index in [9.17, 15) is 4.79 Å². The van der Waals surface area contributed by atoms with Gasteiger partial charge in [-0.05, 0) is 0 Å². The maximum absolute atomic E-state index is 10.7. The summed E-state index contributed by atoms with van der Waals surface area (Å²) in [5, 5.41) is 26.3. The van der Waals surface area contributed by atoms with Crippen LogP contribution in [0.25, 0.3) is 0 Å². The fourth-order valence-corrected chi connectivity index (χ4v) is 0.757. The number of aliphatic hydroxyl groups excluding tert-OH is 3. The van der Waals surface area contributed by atoms with E-state index >= 15 is 0 Å². The number of carbonyl (C=O) groups is 1. The Hall–Kier alpha value is -0.300. The van der Waals surface area contributed by atoms with Crippen LogP contribution in [0.1, 0.15) is 6.42 Å². The van der Waals surface area contributed by atoms with Crippen LogP contribution in [0, 0.1) is 0 Å². The van der Waals surface area contributed by atoms with Gasteiger partial charge < -0.3 is 20.1 Å². The van der Waals surface area contributed by atoms with Crippen LogP contribution in [0.4, 0.5) is 0 Å². The molecule has 3 N–H and O–H groups in total. The zero-order chi connectivity index (χ0) is 10.3. The van der Waals surface area contributed by atoms with Crippen molar-refractivity contribution in [1.82, 2.24) is 0 Å². The molecule has 78 valence electrons. The van der Waals surface area contributed by atoms with Gasteiger partial charge in [-0.3, -0.25) is 4.79 Å².